The van der Waals surface area contributed by atoms with Crippen molar-refractivity contribution in [1.29, 1.82) is 0 Å². The van der Waals surface area contributed by atoms with E-state index in [-0.39, 0.29) is 5.75 Å². The standard InChI is InChI=1S/C12H18BrNO3S/c1-14(18(15,16)8-4-7-17-2)10-11-5-3-6-12(13)9-11/h3,5-6,9H,4,7-8,10H2,1-2H3. The molecule has 1 aromatic carbocycles. The number of methoxy groups -OCH3 is 1. The smallest absolute Gasteiger partial charge is 0.214 e. The van der Waals surface area contributed by atoms with E-state index in [4.69, 9.17) is 4.74 Å². The van der Waals surface area contributed by atoms with Gasteiger partial charge in [-0.1, -0.05) is 28.1 Å². The highest BCUT2D eigenvalue weighted by Crippen LogP contribution is 2.14. The van der Waals surface area contributed by atoms with Gasteiger partial charge in [-0.25, -0.2) is 12.7 Å². The van der Waals surface area contributed by atoms with Crippen molar-refractivity contribution in [2.24, 2.45) is 0 Å². The number of sulfonamides is 1. The van der Waals surface area contributed by atoms with Gasteiger partial charge in [0.05, 0.1) is 5.75 Å². The predicted octanol–water partition coefficient (Wildman–Crippen LogP) is 2.25. The molecule has 0 aliphatic rings. The Morgan fingerprint density at radius 2 is 2.11 bits per heavy atom. The average Bonchev–Trinajstić information content (AvgIpc) is 2.29. The van der Waals surface area contributed by atoms with Crippen LogP contribution in [-0.4, -0.2) is 39.2 Å². The van der Waals surface area contributed by atoms with Crippen LogP contribution in [0.15, 0.2) is 28.7 Å². The molecule has 0 atom stereocenters. The van der Waals surface area contributed by atoms with Crippen LogP contribution in [0.3, 0.4) is 0 Å². The second-order valence-corrected chi connectivity index (χ2v) is 7.16. The van der Waals surface area contributed by atoms with Crippen molar-refractivity contribution in [2.75, 3.05) is 26.5 Å². The van der Waals surface area contributed by atoms with E-state index < -0.39 is 10.0 Å². The Kier molecular flexibility index (Phi) is 6.28. The third-order valence-electron chi connectivity index (χ3n) is 2.52. The molecule has 0 unspecified atom stereocenters. The van der Waals surface area contributed by atoms with Crippen molar-refractivity contribution < 1.29 is 13.2 Å². The third-order valence-corrected chi connectivity index (χ3v) is 4.90. The van der Waals surface area contributed by atoms with E-state index in [2.05, 4.69) is 15.9 Å². The van der Waals surface area contributed by atoms with Gasteiger partial charge in [-0.05, 0) is 24.1 Å². The van der Waals surface area contributed by atoms with Crippen LogP contribution in [0.4, 0.5) is 0 Å². The minimum Gasteiger partial charge on any atom is -0.385 e. The molecule has 1 aromatic rings. The lowest BCUT2D eigenvalue weighted by Gasteiger charge is -2.17. The second-order valence-electron chi connectivity index (χ2n) is 4.05. The molecule has 0 heterocycles. The second kappa shape index (κ2) is 7.23. The van der Waals surface area contributed by atoms with E-state index in [1.807, 2.05) is 24.3 Å². The van der Waals surface area contributed by atoms with Crippen LogP contribution in [0.25, 0.3) is 0 Å². The molecule has 0 saturated carbocycles. The summed E-state index contributed by atoms with van der Waals surface area (Å²) in [7, 11) is -0.0380. The Labute approximate surface area is 117 Å². The minimum absolute atomic E-state index is 0.116. The number of ether oxygens (including phenoxy) is 1. The zero-order valence-corrected chi connectivity index (χ0v) is 13.0. The van der Waals surface area contributed by atoms with Crippen LogP contribution in [0, 0.1) is 0 Å². The van der Waals surface area contributed by atoms with E-state index >= 15 is 0 Å². The number of hydrogen-bond acceptors (Lipinski definition) is 3. The van der Waals surface area contributed by atoms with Gasteiger partial charge >= 0.3 is 0 Å². The number of benzene rings is 1. The zero-order chi connectivity index (χ0) is 13.6. The van der Waals surface area contributed by atoms with Crippen molar-refractivity contribution in [3.8, 4) is 0 Å². The molecule has 0 aliphatic heterocycles. The van der Waals surface area contributed by atoms with Crippen molar-refractivity contribution >= 4 is 26.0 Å². The van der Waals surface area contributed by atoms with Gasteiger partial charge in [-0.15, -0.1) is 0 Å². The van der Waals surface area contributed by atoms with Crippen LogP contribution >= 0.6 is 15.9 Å². The first-order valence-electron chi connectivity index (χ1n) is 5.63. The lowest BCUT2D eigenvalue weighted by molar-refractivity contribution is 0.199. The molecule has 0 radical (unpaired) electrons. The summed E-state index contributed by atoms with van der Waals surface area (Å²) in [6.45, 7) is 0.846. The lowest BCUT2D eigenvalue weighted by Crippen LogP contribution is -2.29. The molecule has 0 spiro atoms. The molecule has 0 aliphatic carbocycles. The Balaban J connectivity index is 2.61. The SMILES string of the molecule is COCCCS(=O)(=O)N(C)Cc1cccc(Br)c1. The summed E-state index contributed by atoms with van der Waals surface area (Å²) < 4.78 is 31.1. The number of halogens is 1. The van der Waals surface area contributed by atoms with E-state index in [9.17, 15) is 8.42 Å². The molecule has 1 rings (SSSR count). The molecule has 4 nitrogen and oxygen atoms in total. The average molecular weight is 336 g/mol. The molecular weight excluding hydrogens is 318 g/mol. The molecule has 0 bridgehead atoms. The van der Waals surface area contributed by atoms with Crippen LogP contribution in [0.1, 0.15) is 12.0 Å². The van der Waals surface area contributed by atoms with Crippen molar-refractivity contribution in [1.82, 2.24) is 4.31 Å². The normalized spacial score (nSPS) is 12.0. The van der Waals surface area contributed by atoms with E-state index in [0.717, 1.165) is 10.0 Å². The van der Waals surface area contributed by atoms with Gasteiger partial charge in [0.25, 0.3) is 0 Å². The summed E-state index contributed by atoms with van der Waals surface area (Å²) in [4.78, 5) is 0. The van der Waals surface area contributed by atoms with Gasteiger partial charge in [-0.2, -0.15) is 0 Å². The van der Waals surface area contributed by atoms with Gasteiger partial charge in [0.2, 0.25) is 10.0 Å². The highest BCUT2D eigenvalue weighted by atomic mass is 79.9. The topological polar surface area (TPSA) is 46.6 Å². The highest BCUT2D eigenvalue weighted by molar-refractivity contribution is 9.10. The summed E-state index contributed by atoms with van der Waals surface area (Å²) in [5, 5.41) is 0. The first-order chi connectivity index (χ1) is 8.45. The fourth-order valence-electron chi connectivity index (χ4n) is 1.53. The zero-order valence-electron chi connectivity index (χ0n) is 10.6. The van der Waals surface area contributed by atoms with E-state index in [1.54, 1.807) is 14.2 Å². The summed E-state index contributed by atoms with van der Waals surface area (Å²) in [5.74, 6) is 0.116. The fraction of sp³-hybridized carbons (Fsp3) is 0.500. The Morgan fingerprint density at radius 1 is 1.39 bits per heavy atom. The molecular formula is C12H18BrNO3S. The maximum absolute atomic E-state index is 12.0. The number of nitrogens with zero attached hydrogens (tertiary/aromatic N) is 1. The molecule has 0 fully saturated rings. The number of hydrogen-bond donors (Lipinski definition) is 0. The quantitative estimate of drug-likeness (QED) is 0.718. The summed E-state index contributed by atoms with van der Waals surface area (Å²) in [5.41, 5.74) is 0.960. The monoisotopic (exact) mass is 335 g/mol. The van der Waals surface area contributed by atoms with Gasteiger partial charge < -0.3 is 4.74 Å². The summed E-state index contributed by atoms with van der Waals surface area (Å²) in [6, 6.07) is 7.63. The van der Waals surface area contributed by atoms with Gasteiger partial charge in [-0.3, -0.25) is 0 Å². The summed E-state index contributed by atoms with van der Waals surface area (Å²) >= 11 is 3.37. The van der Waals surface area contributed by atoms with Crippen molar-refractivity contribution in [3.63, 3.8) is 0 Å². The van der Waals surface area contributed by atoms with E-state index in [1.165, 1.54) is 4.31 Å². The molecule has 0 saturated heterocycles. The van der Waals surface area contributed by atoms with Gasteiger partial charge in [0.15, 0.2) is 0 Å². The van der Waals surface area contributed by atoms with Crippen LogP contribution in [-0.2, 0) is 21.3 Å². The molecule has 0 N–H and O–H groups in total. The Morgan fingerprint density at radius 3 is 2.72 bits per heavy atom. The maximum Gasteiger partial charge on any atom is 0.214 e. The first-order valence-corrected chi connectivity index (χ1v) is 8.03. The number of rotatable bonds is 7. The third kappa shape index (κ3) is 5.06. The van der Waals surface area contributed by atoms with Gasteiger partial charge in [0, 0.05) is 31.8 Å². The highest BCUT2D eigenvalue weighted by Gasteiger charge is 2.17. The maximum atomic E-state index is 12.0. The molecule has 18 heavy (non-hydrogen) atoms. The predicted molar refractivity (Wildman–Crippen MR) is 75.9 cm³/mol. The minimum atomic E-state index is -3.21. The lowest BCUT2D eigenvalue weighted by atomic mass is 10.2. The van der Waals surface area contributed by atoms with Crippen LogP contribution in [0.2, 0.25) is 0 Å². The first kappa shape index (κ1) is 15.6. The van der Waals surface area contributed by atoms with E-state index in [0.29, 0.717) is 19.6 Å². The van der Waals surface area contributed by atoms with Crippen LogP contribution < -0.4 is 0 Å². The molecule has 102 valence electrons. The molecule has 6 heteroatoms. The van der Waals surface area contributed by atoms with Crippen LogP contribution in [0.5, 0.6) is 0 Å². The van der Waals surface area contributed by atoms with Crippen molar-refractivity contribution in [3.05, 3.63) is 34.3 Å². The Bertz CT molecular complexity index is 476. The van der Waals surface area contributed by atoms with Gasteiger partial charge in [0.1, 0.15) is 0 Å². The fourth-order valence-corrected chi connectivity index (χ4v) is 3.12. The largest absolute Gasteiger partial charge is 0.385 e. The van der Waals surface area contributed by atoms with Crippen molar-refractivity contribution in [2.45, 2.75) is 13.0 Å². The summed E-state index contributed by atoms with van der Waals surface area (Å²) in [6.07, 6.45) is 0.516. The molecule has 0 amide bonds. The Hall–Kier alpha value is -0.430. The molecule has 0 aromatic heterocycles.